The van der Waals surface area contributed by atoms with Gasteiger partial charge in [-0.3, -0.25) is 0 Å². The van der Waals surface area contributed by atoms with E-state index in [0.29, 0.717) is 0 Å². The van der Waals surface area contributed by atoms with Gasteiger partial charge in [-0.2, -0.15) is 0 Å². The van der Waals surface area contributed by atoms with Crippen LogP contribution in [0.3, 0.4) is 0 Å². The molecule has 0 amide bonds. The van der Waals surface area contributed by atoms with E-state index in [1.807, 2.05) is 0 Å². The Hall–Kier alpha value is -2.09. The maximum Gasteiger partial charge on any atom is 0.141 e. The highest BCUT2D eigenvalue weighted by atomic mass is 15.1. The molecule has 0 radical (unpaired) electrons. The summed E-state index contributed by atoms with van der Waals surface area (Å²) in [5, 5.41) is 0. The van der Waals surface area contributed by atoms with Gasteiger partial charge in [-0.05, 0) is 38.0 Å². The Morgan fingerprint density at radius 1 is 1.05 bits per heavy atom. The van der Waals surface area contributed by atoms with Crippen LogP contribution in [-0.2, 0) is 6.54 Å². The van der Waals surface area contributed by atoms with Crippen LogP contribution in [0.2, 0.25) is 0 Å². The van der Waals surface area contributed by atoms with Gasteiger partial charge >= 0.3 is 0 Å². The molecule has 3 aromatic rings. The maximum atomic E-state index is 4.89. The fourth-order valence-corrected chi connectivity index (χ4v) is 2.89. The lowest BCUT2D eigenvalue weighted by atomic mass is 10.1. The quantitative estimate of drug-likeness (QED) is 0.647. The number of fused-ring (bicyclic) bond motifs is 1. The third kappa shape index (κ3) is 2.58. The Morgan fingerprint density at radius 3 is 2.62 bits per heavy atom. The topological polar surface area (TPSA) is 17.8 Å². The van der Waals surface area contributed by atoms with Gasteiger partial charge in [0.15, 0.2) is 0 Å². The number of para-hydroxylation sites is 2. The molecule has 0 bridgehead atoms. The molecule has 0 N–H and O–H groups in total. The normalized spacial score (nSPS) is 11.2. The first-order valence-electron chi connectivity index (χ1n) is 7.73. The van der Waals surface area contributed by atoms with Crippen molar-refractivity contribution in [3.8, 4) is 11.4 Å². The number of unbranched alkanes of at least 4 members (excludes halogenated alkanes) is 1. The fourth-order valence-electron chi connectivity index (χ4n) is 2.89. The molecule has 0 saturated heterocycles. The molecule has 0 saturated carbocycles. The molecular formula is C19H22N2. The SMILES string of the molecule is CCCCn1c(-c2ccc(C)cc2C)nc2ccccc21. The zero-order valence-corrected chi connectivity index (χ0v) is 13.1. The van der Waals surface area contributed by atoms with Gasteiger partial charge in [0, 0.05) is 12.1 Å². The number of hydrogen-bond donors (Lipinski definition) is 0. The van der Waals surface area contributed by atoms with Crippen molar-refractivity contribution >= 4 is 11.0 Å². The average molecular weight is 278 g/mol. The Kier molecular flexibility index (Phi) is 3.78. The summed E-state index contributed by atoms with van der Waals surface area (Å²) < 4.78 is 2.37. The molecule has 3 rings (SSSR count). The van der Waals surface area contributed by atoms with Crippen LogP contribution in [0.5, 0.6) is 0 Å². The number of hydrogen-bond acceptors (Lipinski definition) is 1. The van der Waals surface area contributed by atoms with Crippen LogP contribution in [0.25, 0.3) is 22.4 Å². The largest absolute Gasteiger partial charge is 0.324 e. The highest BCUT2D eigenvalue weighted by molar-refractivity contribution is 5.81. The molecule has 0 unspecified atom stereocenters. The van der Waals surface area contributed by atoms with Gasteiger partial charge in [0.2, 0.25) is 0 Å². The molecular weight excluding hydrogens is 256 g/mol. The predicted molar refractivity (Wildman–Crippen MR) is 89.6 cm³/mol. The average Bonchev–Trinajstić information content (AvgIpc) is 2.83. The van der Waals surface area contributed by atoms with Gasteiger partial charge in [-0.1, -0.05) is 49.2 Å². The van der Waals surface area contributed by atoms with Crippen LogP contribution in [0.4, 0.5) is 0 Å². The first kappa shape index (κ1) is 13.9. The molecule has 2 nitrogen and oxygen atoms in total. The summed E-state index contributed by atoms with van der Waals surface area (Å²) in [6.45, 7) is 7.57. The van der Waals surface area contributed by atoms with Crippen molar-refractivity contribution in [1.82, 2.24) is 9.55 Å². The zero-order valence-electron chi connectivity index (χ0n) is 13.1. The van der Waals surface area contributed by atoms with E-state index < -0.39 is 0 Å². The summed E-state index contributed by atoms with van der Waals surface area (Å²) in [6.07, 6.45) is 2.37. The van der Waals surface area contributed by atoms with E-state index in [0.717, 1.165) is 17.9 Å². The van der Waals surface area contributed by atoms with E-state index in [9.17, 15) is 0 Å². The zero-order chi connectivity index (χ0) is 14.8. The van der Waals surface area contributed by atoms with Crippen LogP contribution < -0.4 is 0 Å². The van der Waals surface area contributed by atoms with Crippen LogP contribution >= 0.6 is 0 Å². The van der Waals surface area contributed by atoms with Crippen molar-refractivity contribution in [2.45, 2.75) is 40.2 Å². The lowest BCUT2D eigenvalue weighted by Gasteiger charge is -2.11. The van der Waals surface area contributed by atoms with Crippen molar-refractivity contribution in [2.75, 3.05) is 0 Å². The van der Waals surface area contributed by atoms with Crippen LogP contribution in [0, 0.1) is 13.8 Å². The second kappa shape index (κ2) is 5.72. The molecule has 0 aliphatic carbocycles. The molecule has 21 heavy (non-hydrogen) atoms. The molecule has 2 aromatic carbocycles. The minimum Gasteiger partial charge on any atom is -0.324 e. The van der Waals surface area contributed by atoms with Crippen molar-refractivity contribution in [1.29, 1.82) is 0 Å². The van der Waals surface area contributed by atoms with Crippen molar-refractivity contribution in [3.05, 3.63) is 53.6 Å². The van der Waals surface area contributed by atoms with Gasteiger partial charge in [-0.15, -0.1) is 0 Å². The minimum absolute atomic E-state index is 1.03. The summed E-state index contributed by atoms with van der Waals surface area (Å²) >= 11 is 0. The fraction of sp³-hybridized carbons (Fsp3) is 0.316. The number of imidazole rings is 1. The first-order valence-corrected chi connectivity index (χ1v) is 7.73. The van der Waals surface area contributed by atoms with Crippen molar-refractivity contribution < 1.29 is 0 Å². The van der Waals surface area contributed by atoms with E-state index in [2.05, 4.69) is 67.8 Å². The van der Waals surface area contributed by atoms with Crippen LogP contribution in [0.1, 0.15) is 30.9 Å². The minimum atomic E-state index is 1.03. The highest BCUT2D eigenvalue weighted by Crippen LogP contribution is 2.28. The molecule has 0 atom stereocenters. The van der Waals surface area contributed by atoms with Gasteiger partial charge in [-0.25, -0.2) is 4.98 Å². The number of aryl methyl sites for hydroxylation is 3. The van der Waals surface area contributed by atoms with Crippen LogP contribution in [-0.4, -0.2) is 9.55 Å². The highest BCUT2D eigenvalue weighted by Gasteiger charge is 2.13. The van der Waals surface area contributed by atoms with E-state index in [1.165, 1.54) is 35.0 Å². The van der Waals surface area contributed by atoms with Gasteiger partial charge in [0.05, 0.1) is 11.0 Å². The lowest BCUT2D eigenvalue weighted by molar-refractivity contribution is 0.651. The molecule has 0 aliphatic heterocycles. The van der Waals surface area contributed by atoms with Crippen LogP contribution in [0.15, 0.2) is 42.5 Å². The molecule has 0 fully saturated rings. The second-order valence-corrected chi connectivity index (χ2v) is 5.75. The van der Waals surface area contributed by atoms with Crippen molar-refractivity contribution in [2.24, 2.45) is 0 Å². The van der Waals surface area contributed by atoms with Gasteiger partial charge < -0.3 is 4.57 Å². The van der Waals surface area contributed by atoms with E-state index in [4.69, 9.17) is 4.98 Å². The molecule has 0 aliphatic rings. The van der Waals surface area contributed by atoms with E-state index >= 15 is 0 Å². The summed E-state index contributed by atoms with van der Waals surface area (Å²) in [7, 11) is 0. The summed E-state index contributed by atoms with van der Waals surface area (Å²) in [5.74, 6) is 1.10. The van der Waals surface area contributed by atoms with Gasteiger partial charge in [0.1, 0.15) is 5.82 Å². The standard InChI is InChI=1S/C19H22N2/c1-4-5-12-21-18-9-7-6-8-17(18)20-19(21)16-11-10-14(2)13-15(16)3/h6-11,13H,4-5,12H2,1-3H3. The number of aromatic nitrogens is 2. The number of rotatable bonds is 4. The molecule has 108 valence electrons. The number of benzene rings is 2. The summed E-state index contributed by atoms with van der Waals surface area (Å²) in [6, 6.07) is 15.0. The molecule has 1 aromatic heterocycles. The number of nitrogens with zero attached hydrogens (tertiary/aromatic N) is 2. The lowest BCUT2D eigenvalue weighted by Crippen LogP contribution is -2.01. The predicted octanol–water partition coefficient (Wildman–Crippen LogP) is 5.12. The third-order valence-corrected chi connectivity index (χ3v) is 4.01. The van der Waals surface area contributed by atoms with Crippen molar-refractivity contribution in [3.63, 3.8) is 0 Å². The Labute approximate surface area is 126 Å². The monoisotopic (exact) mass is 278 g/mol. The molecule has 0 spiro atoms. The van der Waals surface area contributed by atoms with E-state index in [1.54, 1.807) is 0 Å². The second-order valence-electron chi connectivity index (χ2n) is 5.75. The Bertz CT molecular complexity index is 768. The summed E-state index contributed by atoms with van der Waals surface area (Å²) in [5.41, 5.74) is 6.16. The van der Waals surface area contributed by atoms with E-state index in [-0.39, 0.29) is 0 Å². The third-order valence-electron chi connectivity index (χ3n) is 4.01. The first-order chi connectivity index (χ1) is 10.2. The molecule has 1 heterocycles. The Balaban J connectivity index is 2.20. The summed E-state index contributed by atoms with van der Waals surface area (Å²) in [4.78, 5) is 4.89. The smallest absolute Gasteiger partial charge is 0.141 e. The maximum absolute atomic E-state index is 4.89. The molecule has 2 heteroatoms. The Morgan fingerprint density at radius 2 is 1.86 bits per heavy atom. The van der Waals surface area contributed by atoms with Gasteiger partial charge in [0.25, 0.3) is 0 Å².